The van der Waals surface area contributed by atoms with Crippen LogP contribution >= 0.6 is 11.3 Å². The first kappa shape index (κ1) is 21.8. The summed E-state index contributed by atoms with van der Waals surface area (Å²) in [7, 11) is 5.24. The monoisotopic (exact) mass is 426 g/mol. The van der Waals surface area contributed by atoms with Crippen molar-refractivity contribution in [2.45, 2.75) is 20.4 Å². The highest BCUT2D eigenvalue weighted by Gasteiger charge is 2.15. The Morgan fingerprint density at radius 3 is 2.63 bits per heavy atom. The zero-order chi connectivity index (χ0) is 21.7. The first-order valence-corrected chi connectivity index (χ1v) is 10.6. The highest BCUT2D eigenvalue weighted by molar-refractivity contribution is 7.13. The Balaban J connectivity index is 1.61. The van der Waals surface area contributed by atoms with Crippen molar-refractivity contribution < 1.29 is 19.2 Å². The molecule has 3 rings (SSSR count). The van der Waals surface area contributed by atoms with Gasteiger partial charge in [-0.25, -0.2) is 4.98 Å². The molecule has 6 nitrogen and oxygen atoms in total. The number of aryl methyl sites for hydroxylation is 1. The van der Waals surface area contributed by atoms with E-state index in [9.17, 15) is 4.79 Å². The molecule has 7 heteroatoms. The number of carbonyl (C=O) groups excluding carboxylic acids is 1. The van der Waals surface area contributed by atoms with E-state index >= 15 is 0 Å². The number of quaternary nitrogens is 1. The Kier molecular flexibility index (Phi) is 7.07. The molecule has 0 spiro atoms. The number of methoxy groups -OCH3 is 2. The topological polar surface area (TPSA) is 64.9 Å². The molecule has 1 aromatic heterocycles. The molecule has 1 unspecified atom stereocenters. The second kappa shape index (κ2) is 9.73. The van der Waals surface area contributed by atoms with E-state index in [2.05, 4.69) is 5.32 Å². The molecule has 2 N–H and O–H groups in total. The fourth-order valence-corrected chi connectivity index (χ4v) is 4.03. The zero-order valence-electron chi connectivity index (χ0n) is 18.0. The van der Waals surface area contributed by atoms with E-state index in [1.165, 1.54) is 5.56 Å². The predicted octanol–water partition coefficient (Wildman–Crippen LogP) is 3.10. The number of rotatable bonds is 8. The molecule has 0 aliphatic rings. The minimum absolute atomic E-state index is 0.00320. The van der Waals surface area contributed by atoms with Gasteiger partial charge in [0.05, 0.1) is 21.3 Å². The largest absolute Gasteiger partial charge is 0.493 e. The molecule has 0 aliphatic carbocycles. The number of nitrogens with zero attached hydrogens (tertiary/aromatic N) is 1. The Morgan fingerprint density at radius 2 is 1.90 bits per heavy atom. The molecule has 0 saturated carbocycles. The Labute approximate surface area is 181 Å². The fraction of sp³-hybridized carbons (Fsp3) is 0.304. The molecule has 158 valence electrons. The number of hydrogen-bond donors (Lipinski definition) is 2. The van der Waals surface area contributed by atoms with Gasteiger partial charge >= 0.3 is 0 Å². The van der Waals surface area contributed by atoms with Crippen LogP contribution in [0.2, 0.25) is 0 Å². The molecule has 30 heavy (non-hydrogen) atoms. The summed E-state index contributed by atoms with van der Waals surface area (Å²) in [4.78, 5) is 18.3. The number of ether oxygens (including phenoxy) is 2. The minimum Gasteiger partial charge on any atom is -0.493 e. The van der Waals surface area contributed by atoms with E-state index in [-0.39, 0.29) is 5.91 Å². The van der Waals surface area contributed by atoms with Crippen LogP contribution < -0.4 is 19.7 Å². The highest BCUT2D eigenvalue weighted by Crippen LogP contribution is 2.33. The normalized spacial score (nSPS) is 11.8. The molecule has 0 radical (unpaired) electrons. The number of carbonyl (C=O) groups is 1. The number of likely N-dealkylation sites (N-methyl/N-ethyl adjacent to an activating group) is 1. The Hall–Kier alpha value is -2.90. The molecule has 1 amide bonds. The van der Waals surface area contributed by atoms with Gasteiger partial charge in [-0.2, -0.15) is 0 Å². The number of aromatic nitrogens is 1. The van der Waals surface area contributed by atoms with Gasteiger partial charge in [0.25, 0.3) is 5.91 Å². The van der Waals surface area contributed by atoms with Crippen LogP contribution in [0.25, 0.3) is 10.6 Å². The first-order chi connectivity index (χ1) is 14.4. The van der Waals surface area contributed by atoms with Gasteiger partial charge in [-0.15, -0.1) is 11.3 Å². The van der Waals surface area contributed by atoms with Crippen LogP contribution in [-0.4, -0.2) is 38.7 Å². The van der Waals surface area contributed by atoms with Crippen molar-refractivity contribution in [3.8, 4) is 22.1 Å². The maximum Gasteiger partial charge on any atom is 0.279 e. The number of nitrogens with one attached hydrogen (secondary N) is 2. The molecular formula is C23H28N3O3S+. The van der Waals surface area contributed by atoms with Gasteiger partial charge < -0.3 is 19.7 Å². The standard InChI is InChI=1S/C23H27N3O3S/c1-15-7-6-8-19(16(15)2)25-22(27)13-26(3)12-18-14-30-23(24-18)17-9-10-20(28-4)21(11-17)29-5/h6-11,14H,12-13H2,1-5H3,(H,25,27)/p+1. The van der Waals surface area contributed by atoms with Crippen molar-refractivity contribution >= 4 is 22.9 Å². The number of amides is 1. The minimum atomic E-state index is -0.00320. The summed E-state index contributed by atoms with van der Waals surface area (Å²) in [5.74, 6) is 1.37. The summed E-state index contributed by atoms with van der Waals surface area (Å²) in [6.07, 6.45) is 0. The van der Waals surface area contributed by atoms with E-state index in [1.54, 1.807) is 25.6 Å². The van der Waals surface area contributed by atoms with E-state index in [1.807, 2.05) is 62.7 Å². The molecular weight excluding hydrogens is 398 g/mol. The lowest BCUT2D eigenvalue weighted by molar-refractivity contribution is -0.885. The maximum absolute atomic E-state index is 12.5. The van der Waals surface area contributed by atoms with Crippen LogP contribution in [0.15, 0.2) is 41.8 Å². The van der Waals surface area contributed by atoms with E-state index < -0.39 is 0 Å². The van der Waals surface area contributed by atoms with Crippen LogP contribution in [0.1, 0.15) is 16.8 Å². The SMILES string of the molecule is COc1ccc(-c2nc(C[NH+](C)CC(=O)Nc3cccc(C)c3C)cs2)cc1OC. The van der Waals surface area contributed by atoms with E-state index in [0.29, 0.717) is 24.6 Å². The summed E-state index contributed by atoms with van der Waals surface area (Å²) >= 11 is 1.58. The number of benzene rings is 2. The number of thiazole rings is 1. The van der Waals surface area contributed by atoms with Crippen LogP contribution in [0.4, 0.5) is 5.69 Å². The van der Waals surface area contributed by atoms with Crippen LogP contribution in [0.5, 0.6) is 11.5 Å². The van der Waals surface area contributed by atoms with E-state index in [0.717, 1.165) is 32.4 Å². The summed E-state index contributed by atoms with van der Waals surface area (Å²) in [6.45, 7) is 5.10. The summed E-state index contributed by atoms with van der Waals surface area (Å²) < 4.78 is 10.7. The van der Waals surface area contributed by atoms with Crippen LogP contribution in [0.3, 0.4) is 0 Å². The third kappa shape index (κ3) is 5.17. The quantitative estimate of drug-likeness (QED) is 0.581. The van der Waals surface area contributed by atoms with Gasteiger partial charge in [0.15, 0.2) is 18.0 Å². The third-order valence-corrected chi connectivity index (χ3v) is 5.95. The lowest BCUT2D eigenvalue weighted by atomic mass is 10.1. The zero-order valence-corrected chi connectivity index (χ0v) is 18.9. The fourth-order valence-electron chi connectivity index (χ4n) is 3.22. The average molecular weight is 427 g/mol. The van der Waals surface area contributed by atoms with Crippen molar-refractivity contribution in [3.05, 3.63) is 58.6 Å². The predicted molar refractivity (Wildman–Crippen MR) is 121 cm³/mol. The van der Waals surface area contributed by atoms with Crippen molar-refractivity contribution in [1.29, 1.82) is 0 Å². The average Bonchev–Trinajstić information content (AvgIpc) is 3.19. The maximum atomic E-state index is 12.5. The van der Waals surface area contributed by atoms with E-state index in [4.69, 9.17) is 14.5 Å². The van der Waals surface area contributed by atoms with Crippen LogP contribution in [0, 0.1) is 13.8 Å². The molecule has 0 fully saturated rings. The van der Waals surface area contributed by atoms with Gasteiger partial charge in [0.2, 0.25) is 0 Å². The summed E-state index contributed by atoms with van der Waals surface area (Å²) in [5, 5.41) is 5.97. The van der Waals surface area contributed by atoms with Gasteiger partial charge in [-0.3, -0.25) is 4.79 Å². The van der Waals surface area contributed by atoms with Gasteiger partial charge in [-0.05, 0) is 49.2 Å². The molecule has 2 aromatic carbocycles. The molecule has 3 aromatic rings. The van der Waals surface area contributed by atoms with Crippen molar-refractivity contribution in [3.63, 3.8) is 0 Å². The van der Waals surface area contributed by atoms with Crippen molar-refractivity contribution in [2.75, 3.05) is 33.1 Å². The molecule has 0 bridgehead atoms. The second-order valence-electron chi connectivity index (χ2n) is 7.32. The Bertz CT molecular complexity index is 1030. The number of anilines is 1. The van der Waals surface area contributed by atoms with Gasteiger partial charge in [-0.1, -0.05) is 12.1 Å². The number of hydrogen-bond acceptors (Lipinski definition) is 5. The van der Waals surface area contributed by atoms with Gasteiger partial charge in [0.1, 0.15) is 17.2 Å². The second-order valence-corrected chi connectivity index (χ2v) is 8.18. The smallest absolute Gasteiger partial charge is 0.279 e. The molecule has 0 saturated heterocycles. The molecule has 1 atom stereocenters. The van der Waals surface area contributed by atoms with Crippen LogP contribution in [-0.2, 0) is 11.3 Å². The lowest BCUT2D eigenvalue weighted by Gasteiger charge is -2.14. The van der Waals surface area contributed by atoms with Crippen molar-refractivity contribution in [1.82, 2.24) is 4.98 Å². The lowest BCUT2D eigenvalue weighted by Crippen LogP contribution is -3.08. The summed E-state index contributed by atoms with van der Waals surface area (Å²) in [6, 6.07) is 11.7. The van der Waals surface area contributed by atoms with Crippen molar-refractivity contribution in [2.24, 2.45) is 0 Å². The van der Waals surface area contributed by atoms with Gasteiger partial charge in [0, 0.05) is 16.6 Å². The third-order valence-electron chi connectivity index (χ3n) is 5.01. The Morgan fingerprint density at radius 1 is 1.13 bits per heavy atom. The highest BCUT2D eigenvalue weighted by atomic mass is 32.1. The summed E-state index contributed by atoms with van der Waals surface area (Å²) in [5.41, 5.74) is 5.08. The molecule has 1 heterocycles. The molecule has 0 aliphatic heterocycles. The first-order valence-electron chi connectivity index (χ1n) is 9.75.